The number of nitro groups is 1. The van der Waals surface area contributed by atoms with Crippen LogP contribution in [0.15, 0.2) is 29.3 Å². The Morgan fingerprint density at radius 1 is 1.47 bits per heavy atom. The summed E-state index contributed by atoms with van der Waals surface area (Å²) < 4.78 is 5.50. The first-order chi connectivity index (χ1) is 8.99. The maximum Gasteiger partial charge on any atom is 0.313 e. The first-order valence-corrected chi connectivity index (χ1v) is 6.29. The molecule has 2 rings (SSSR count). The zero-order valence-electron chi connectivity index (χ0n) is 9.09. The summed E-state index contributed by atoms with van der Waals surface area (Å²) in [6.07, 6.45) is 1.15. The SMILES string of the molecule is O=c1[nH]cnc(Oc2ccc(Cl)cc2[N+](=O)[O-])c1I. The molecule has 0 fully saturated rings. The highest BCUT2D eigenvalue weighted by molar-refractivity contribution is 14.1. The number of nitrogens with zero attached hydrogens (tertiary/aromatic N) is 2. The van der Waals surface area contributed by atoms with Gasteiger partial charge in [0.15, 0.2) is 0 Å². The molecule has 1 aromatic heterocycles. The highest BCUT2D eigenvalue weighted by Crippen LogP contribution is 2.33. The van der Waals surface area contributed by atoms with E-state index in [-0.39, 0.29) is 31.5 Å². The van der Waals surface area contributed by atoms with Gasteiger partial charge in [0.05, 0.1) is 11.3 Å². The van der Waals surface area contributed by atoms with Crippen molar-refractivity contribution in [2.45, 2.75) is 0 Å². The molecule has 0 amide bonds. The smallest absolute Gasteiger partial charge is 0.313 e. The normalized spacial score (nSPS) is 10.2. The molecular weight excluding hydrogens is 388 g/mol. The molecule has 0 saturated heterocycles. The van der Waals surface area contributed by atoms with E-state index >= 15 is 0 Å². The molecule has 0 spiro atoms. The molecule has 19 heavy (non-hydrogen) atoms. The van der Waals surface area contributed by atoms with Crippen LogP contribution in [0.4, 0.5) is 5.69 Å². The molecular formula is C10H5ClIN3O4. The van der Waals surface area contributed by atoms with Crippen molar-refractivity contribution >= 4 is 39.9 Å². The van der Waals surface area contributed by atoms with Gasteiger partial charge < -0.3 is 9.72 Å². The number of hydrogen-bond donors (Lipinski definition) is 1. The zero-order valence-corrected chi connectivity index (χ0v) is 12.0. The van der Waals surface area contributed by atoms with Gasteiger partial charge in [0, 0.05) is 11.1 Å². The fourth-order valence-electron chi connectivity index (χ4n) is 1.26. The van der Waals surface area contributed by atoms with Crippen LogP contribution < -0.4 is 10.3 Å². The number of aromatic amines is 1. The number of benzene rings is 1. The molecule has 0 aliphatic rings. The third kappa shape index (κ3) is 3.01. The lowest BCUT2D eigenvalue weighted by atomic mass is 10.3. The van der Waals surface area contributed by atoms with Gasteiger partial charge in [0.1, 0.15) is 3.57 Å². The molecule has 0 radical (unpaired) electrons. The molecule has 2 aromatic rings. The molecule has 0 aliphatic heterocycles. The van der Waals surface area contributed by atoms with E-state index in [4.69, 9.17) is 16.3 Å². The minimum atomic E-state index is -0.624. The van der Waals surface area contributed by atoms with E-state index in [2.05, 4.69) is 9.97 Å². The zero-order chi connectivity index (χ0) is 14.0. The number of nitrogens with one attached hydrogen (secondary N) is 1. The van der Waals surface area contributed by atoms with Crippen LogP contribution in [0, 0.1) is 13.7 Å². The molecule has 0 unspecified atom stereocenters. The van der Waals surface area contributed by atoms with Gasteiger partial charge in [-0.1, -0.05) is 11.6 Å². The van der Waals surface area contributed by atoms with E-state index in [1.54, 1.807) is 22.6 Å². The number of nitro benzene ring substituents is 1. The second-order valence-corrected chi connectivity index (χ2v) is 4.84. The number of ether oxygens (including phenoxy) is 1. The lowest BCUT2D eigenvalue weighted by Crippen LogP contribution is -2.11. The maximum atomic E-state index is 11.4. The van der Waals surface area contributed by atoms with E-state index in [0.717, 1.165) is 12.4 Å². The van der Waals surface area contributed by atoms with E-state index in [9.17, 15) is 14.9 Å². The van der Waals surface area contributed by atoms with E-state index in [0.29, 0.717) is 0 Å². The highest BCUT2D eigenvalue weighted by Gasteiger charge is 2.18. The summed E-state index contributed by atoms with van der Waals surface area (Å²) in [4.78, 5) is 27.8. The largest absolute Gasteiger partial charge is 0.430 e. The molecule has 9 heteroatoms. The summed E-state index contributed by atoms with van der Waals surface area (Å²) in [7, 11) is 0. The molecule has 1 aromatic carbocycles. The van der Waals surface area contributed by atoms with Crippen LogP contribution >= 0.6 is 34.2 Å². The maximum absolute atomic E-state index is 11.4. The lowest BCUT2D eigenvalue weighted by Gasteiger charge is -2.06. The second kappa shape index (κ2) is 5.53. The first-order valence-electron chi connectivity index (χ1n) is 4.84. The van der Waals surface area contributed by atoms with Crippen molar-refractivity contribution < 1.29 is 9.66 Å². The Labute approximate surface area is 124 Å². The average Bonchev–Trinajstić information content (AvgIpc) is 2.36. The minimum absolute atomic E-state index is 0.00484. The first kappa shape index (κ1) is 13.7. The molecule has 7 nitrogen and oxygen atoms in total. The van der Waals surface area contributed by atoms with Crippen molar-refractivity contribution in [3.63, 3.8) is 0 Å². The van der Waals surface area contributed by atoms with Crippen molar-refractivity contribution in [1.82, 2.24) is 9.97 Å². The second-order valence-electron chi connectivity index (χ2n) is 3.32. The molecule has 1 heterocycles. The number of rotatable bonds is 3. The number of hydrogen-bond acceptors (Lipinski definition) is 5. The summed E-state index contributed by atoms with van der Waals surface area (Å²) in [5, 5.41) is 11.1. The number of halogens is 2. The molecule has 0 aliphatic carbocycles. The highest BCUT2D eigenvalue weighted by atomic mass is 127. The van der Waals surface area contributed by atoms with Crippen LogP contribution in [0.25, 0.3) is 0 Å². The Bertz CT molecular complexity index is 703. The average molecular weight is 394 g/mol. The topological polar surface area (TPSA) is 98.1 Å². The van der Waals surface area contributed by atoms with Crippen molar-refractivity contribution in [3.8, 4) is 11.6 Å². The monoisotopic (exact) mass is 393 g/mol. The van der Waals surface area contributed by atoms with Crippen LogP contribution in [0.3, 0.4) is 0 Å². The van der Waals surface area contributed by atoms with Crippen molar-refractivity contribution in [3.05, 3.63) is 53.6 Å². The van der Waals surface area contributed by atoms with Gasteiger partial charge in [-0.3, -0.25) is 14.9 Å². The third-order valence-corrected chi connectivity index (χ3v) is 3.28. The van der Waals surface area contributed by atoms with Gasteiger partial charge in [0.2, 0.25) is 11.6 Å². The summed E-state index contributed by atoms with van der Waals surface area (Å²) in [5.41, 5.74) is -0.687. The van der Waals surface area contributed by atoms with Crippen molar-refractivity contribution in [2.24, 2.45) is 0 Å². The third-order valence-electron chi connectivity index (χ3n) is 2.09. The van der Waals surface area contributed by atoms with Gasteiger partial charge in [0.25, 0.3) is 5.56 Å². The van der Waals surface area contributed by atoms with E-state index in [1.165, 1.54) is 12.1 Å². The van der Waals surface area contributed by atoms with Gasteiger partial charge >= 0.3 is 5.69 Å². The van der Waals surface area contributed by atoms with Gasteiger partial charge in [-0.2, -0.15) is 0 Å². The predicted molar refractivity (Wildman–Crippen MR) is 75.8 cm³/mol. The molecule has 0 bridgehead atoms. The predicted octanol–water partition coefficient (Wildman–Crippen LogP) is 2.73. The summed E-state index contributed by atoms with van der Waals surface area (Å²) in [6.45, 7) is 0. The van der Waals surface area contributed by atoms with E-state index in [1.807, 2.05) is 0 Å². The Hall–Kier alpha value is -1.68. The van der Waals surface area contributed by atoms with E-state index < -0.39 is 4.92 Å². The van der Waals surface area contributed by atoms with Crippen molar-refractivity contribution in [2.75, 3.05) is 0 Å². The minimum Gasteiger partial charge on any atom is -0.430 e. The Morgan fingerprint density at radius 3 is 2.89 bits per heavy atom. The van der Waals surface area contributed by atoms with Gasteiger partial charge in [-0.25, -0.2) is 4.98 Å². The van der Waals surface area contributed by atoms with Crippen LogP contribution in [-0.4, -0.2) is 14.9 Å². The molecule has 1 N–H and O–H groups in total. The quantitative estimate of drug-likeness (QED) is 0.491. The number of aromatic nitrogens is 2. The van der Waals surface area contributed by atoms with Crippen LogP contribution in [0.5, 0.6) is 11.6 Å². The fourth-order valence-corrected chi connectivity index (χ4v) is 1.83. The standard InChI is InChI=1S/C10H5ClIN3O4/c11-5-1-2-7(6(3-5)15(17)18)19-10-8(12)9(16)13-4-14-10/h1-4H,(H,13,14,16). The van der Waals surface area contributed by atoms with Gasteiger partial charge in [-0.15, -0.1) is 0 Å². The molecule has 0 saturated carbocycles. The van der Waals surface area contributed by atoms with Crippen LogP contribution in [-0.2, 0) is 0 Å². The number of H-pyrrole nitrogens is 1. The Kier molecular flexibility index (Phi) is 4.00. The van der Waals surface area contributed by atoms with Crippen LogP contribution in [0.2, 0.25) is 5.02 Å². The summed E-state index contributed by atoms with van der Waals surface area (Å²) in [6, 6.07) is 3.96. The molecule has 98 valence electrons. The Balaban J connectivity index is 2.46. The van der Waals surface area contributed by atoms with Crippen LogP contribution in [0.1, 0.15) is 0 Å². The molecule has 0 atom stereocenters. The Morgan fingerprint density at radius 2 is 2.21 bits per heavy atom. The lowest BCUT2D eigenvalue weighted by molar-refractivity contribution is -0.385. The van der Waals surface area contributed by atoms with Crippen molar-refractivity contribution in [1.29, 1.82) is 0 Å². The van der Waals surface area contributed by atoms with Gasteiger partial charge in [-0.05, 0) is 34.7 Å². The summed E-state index contributed by atoms with van der Waals surface area (Å²) in [5.74, 6) is -0.0415. The summed E-state index contributed by atoms with van der Waals surface area (Å²) >= 11 is 7.43. The fraction of sp³-hybridized carbons (Fsp3) is 0.